The number of benzene rings is 1. The van der Waals surface area contributed by atoms with Crippen molar-refractivity contribution < 1.29 is 9.90 Å². The molecule has 0 bridgehead atoms. The van der Waals surface area contributed by atoms with Gasteiger partial charge in [-0.1, -0.05) is 18.2 Å². The Labute approximate surface area is 117 Å². The molecule has 1 aromatic heterocycles. The molecule has 1 aromatic carbocycles. The van der Waals surface area contributed by atoms with Gasteiger partial charge in [-0.25, -0.2) is 0 Å². The molecule has 0 spiro atoms. The van der Waals surface area contributed by atoms with Crippen molar-refractivity contribution in [2.75, 3.05) is 11.4 Å². The number of carboxylic acid groups (broad SMARTS) is 1. The van der Waals surface area contributed by atoms with Gasteiger partial charge >= 0.3 is 5.97 Å². The number of anilines is 1. The number of para-hydroxylation sites is 1. The summed E-state index contributed by atoms with van der Waals surface area (Å²) >= 11 is 0. The van der Waals surface area contributed by atoms with Crippen molar-refractivity contribution in [2.24, 2.45) is 7.05 Å². The number of aromatic nitrogens is 2. The van der Waals surface area contributed by atoms with E-state index in [0.29, 0.717) is 6.42 Å². The van der Waals surface area contributed by atoms with Gasteiger partial charge in [0.05, 0.1) is 12.1 Å². The topological polar surface area (TPSA) is 58.4 Å². The van der Waals surface area contributed by atoms with Crippen molar-refractivity contribution in [1.29, 1.82) is 0 Å². The van der Waals surface area contributed by atoms with Crippen LogP contribution < -0.4 is 4.90 Å². The molecule has 1 aliphatic heterocycles. The zero-order chi connectivity index (χ0) is 14.1. The van der Waals surface area contributed by atoms with Crippen molar-refractivity contribution >= 4 is 11.7 Å². The number of rotatable bonds is 3. The van der Waals surface area contributed by atoms with Gasteiger partial charge in [-0.3, -0.25) is 9.48 Å². The third-order valence-corrected chi connectivity index (χ3v) is 3.77. The third-order valence-electron chi connectivity index (χ3n) is 3.77. The first-order chi connectivity index (χ1) is 9.65. The van der Waals surface area contributed by atoms with E-state index in [2.05, 4.69) is 10.00 Å². The van der Waals surface area contributed by atoms with E-state index in [1.54, 1.807) is 4.68 Å². The van der Waals surface area contributed by atoms with Crippen LogP contribution in [0.3, 0.4) is 0 Å². The summed E-state index contributed by atoms with van der Waals surface area (Å²) in [4.78, 5) is 13.6. The monoisotopic (exact) mass is 271 g/mol. The maximum absolute atomic E-state index is 11.4. The van der Waals surface area contributed by atoms with Crippen LogP contribution in [-0.2, 0) is 18.4 Å². The fourth-order valence-corrected chi connectivity index (χ4v) is 2.83. The largest absolute Gasteiger partial charge is 0.481 e. The molecule has 5 nitrogen and oxygen atoms in total. The lowest BCUT2D eigenvalue weighted by Crippen LogP contribution is -2.32. The normalized spacial score (nSPS) is 17.9. The Morgan fingerprint density at radius 2 is 2.25 bits per heavy atom. The zero-order valence-electron chi connectivity index (χ0n) is 11.4. The highest BCUT2D eigenvalue weighted by atomic mass is 16.4. The van der Waals surface area contributed by atoms with E-state index in [4.69, 9.17) is 0 Å². The second-order valence-corrected chi connectivity index (χ2v) is 5.18. The van der Waals surface area contributed by atoms with Crippen molar-refractivity contribution in [1.82, 2.24) is 9.78 Å². The van der Waals surface area contributed by atoms with Gasteiger partial charge in [0.2, 0.25) is 0 Å². The van der Waals surface area contributed by atoms with Crippen LogP contribution in [0.25, 0.3) is 0 Å². The summed E-state index contributed by atoms with van der Waals surface area (Å²) in [5, 5.41) is 13.5. The molecule has 104 valence electrons. The van der Waals surface area contributed by atoms with Gasteiger partial charge in [0.25, 0.3) is 0 Å². The molecule has 3 rings (SSSR count). The molecular weight excluding hydrogens is 254 g/mol. The smallest absolute Gasteiger partial charge is 0.311 e. The zero-order valence-corrected chi connectivity index (χ0v) is 11.4. The Morgan fingerprint density at radius 3 is 2.95 bits per heavy atom. The maximum atomic E-state index is 11.4. The van der Waals surface area contributed by atoms with Gasteiger partial charge in [-0.05, 0) is 18.1 Å². The van der Waals surface area contributed by atoms with Crippen LogP contribution in [0.1, 0.15) is 23.5 Å². The number of fused-ring (bicyclic) bond motifs is 1. The first-order valence-corrected chi connectivity index (χ1v) is 6.69. The van der Waals surface area contributed by atoms with Gasteiger partial charge in [-0.15, -0.1) is 0 Å². The highest BCUT2D eigenvalue weighted by Crippen LogP contribution is 2.35. The molecule has 0 saturated heterocycles. The van der Waals surface area contributed by atoms with E-state index in [1.165, 1.54) is 0 Å². The second kappa shape index (κ2) is 5.00. The van der Waals surface area contributed by atoms with Crippen molar-refractivity contribution in [3.05, 3.63) is 47.8 Å². The molecule has 2 heterocycles. The minimum absolute atomic E-state index is 0.392. The van der Waals surface area contributed by atoms with Crippen LogP contribution >= 0.6 is 0 Å². The van der Waals surface area contributed by atoms with Gasteiger partial charge in [-0.2, -0.15) is 5.10 Å². The van der Waals surface area contributed by atoms with Crippen LogP contribution in [0.2, 0.25) is 0 Å². The first kappa shape index (κ1) is 12.7. The number of aliphatic carboxylic acids is 1. The molecule has 20 heavy (non-hydrogen) atoms. The fraction of sp³-hybridized carbons (Fsp3) is 0.333. The number of carbonyl (C=O) groups is 1. The van der Waals surface area contributed by atoms with E-state index in [-0.39, 0.29) is 0 Å². The first-order valence-electron chi connectivity index (χ1n) is 6.69. The molecule has 1 unspecified atom stereocenters. The number of hydrogen-bond donors (Lipinski definition) is 1. The summed E-state index contributed by atoms with van der Waals surface area (Å²) in [6.07, 6.45) is 4.49. The summed E-state index contributed by atoms with van der Waals surface area (Å²) in [6, 6.07) is 7.78. The predicted octanol–water partition coefficient (Wildman–Crippen LogP) is 2.00. The molecule has 0 saturated carbocycles. The van der Waals surface area contributed by atoms with E-state index in [1.807, 2.05) is 43.7 Å². The highest BCUT2D eigenvalue weighted by Gasteiger charge is 2.29. The van der Waals surface area contributed by atoms with Crippen LogP contribution in [0.4, 0.5) is 5.69 Å². The molecule has 1 N–H and O–H groups in total. The summed E-state index contributed by atoms with van der Waals surface area (Å²) in [5.74, 6) is -1.13. The van der Waals surface area contributed by atoms with E-state index < -0.39 is 11.9 Å². The van der Waals surface area contributed by atoms with Gasteiger partial charge in [0.15, 0.2) is 0 Å². The fourth-order valence-electron chi connectivity index (χ4n) is 2.83. The lowest BCUT2D eigenvalue weighted by molar-refractivity contribution is -0.139. The standard InChI is InChI=1S/C15H17N3O2/c1-17-9-11(8-16-17)10-18-7-6-13(15(19)20)12-4-2-3-5-14(12)18/h2-5,8-9,13H,6-7,10H2,1H3,(H,19,20). The average molecular weight is 271 g/mol. The number of nitrogens with zero attached hydrogens (tertiary/aromatic N) is 3. The number of carboxylic acids is 1. The summed E-state index contributed by atoms with van der Waals surface area (Å²) < 4.78 is 1.78. The van der Waals surface area contributed by atoms with Gasteiger partial charge < -0.3 is 10.0 Å². The molecule has 5 heteroatoms. The molecule has 0 aliphatic carbocycles. The van der Waals surface area contributed by atoms with Crippen molar-refractivity contribution in [2.45, 2.75) is 18.9 Å². The van der Waals surface area contributed by atoms with Crippen molar-refractivity contribution in [3.63, 3.8) is 0 Å². The Hall–Kier alpha value is -2.30. The number of aryl methyl sites for hydroxylation is 1. The molecule has 0 amide bonds. The highest BCUT2D eigenvalue weighted by molar-refractivity contribution is 5.80. The Morgan fingerprint density at radius 1 is 1.45 bits per heavy atom. The van der Waals surface area contributed by atoms with E-state index >= 15 is 0 Å². The number of hydrogen-bond acceptors (Lipinski definition) is 3. The van der Waals surface area contributed by atoms with Gasteiger partial charge in [0, 0.05) is 37.6 Å². The second-order valence-electron chi connectivity index (χ2n) is 5.18. The van der Waals surface area contributed by atoms with Crippen LogP contribution in [0, 0.1) is 0 Å². The molecule has 0 radical (unpaired) electrons. The molecule has 2 aromatic rings. The average Bonchev–Trinajstić information content (AvgIpc) is 2.84. The van der Waals surface area contributed by atoms with Crippen LogP contribution in [0.5, 0.6) is 0 Å². The van der Waals surface area contributed by atoms with Crippen LogP contribution in [0.15, 0.2) is 36.7 Å². The summed E-state index contributed by atoms with van der Waals surface area (Å²) in [5.41, 5.74) is 3.07. The Balaban J connectivity index is 1.90. The SMILES string of the molecule is Cn1cc(CN2CCC(C(=O)O)c3ccccc32)cn1. The van der Waals surface area contributed by atoms with Crippen LogP contribution in [-0.4, -0.2) is 27.4 Å². The lowest BCUT2D eigenvalue weighted by Gasteiger charge is -2.34. The van der Waals surface area contributed by atoms with E-state index in [9.17, 15) is 9.90 Å². The minimum atomic E-state index is -0.738. The Kier molecular flexibility index (Phi) is 3.18. The summed E-state index contributed by atoms with van der Waals surface area (Å²) in [7, 11) is 1.90. The molecule has 0 fully saturated rings. The molecular formula is C15H17N3O2. The molecule has 1 atom stereocenters. The minimum Gasteiger partial charge on any atom is -0.481 e. The Bertz CT molecular complexity index is 636. The van der Waals surface area contributed by atoms with Crippen molar-refractivity contribution in [3.8, 4) is 0 Å². The van der Waals surface area contributed by atoms with Gasteiger partial charge in [0.1, 0.15) is 0 Å². The third kappa shape index (κ3) is 2.27. The molecule has 1 aliphatic rings. The quantitative estimate of drug-likeness (QED) is 0.927. The maximum Gasteiger partial charge on any atom is 0.311 e. The summed E-state index contributed by atoms with van der Waals surface area (Å²) in [6.45, 7) is 1.51. The van der Waals surface area contributed by atoms with E-state index in [0.717, 1.165) is 29.9 Å². The lowest BCUT2D eigenvalue weighted by atomic mass is 9.90. The predicted molar refractivity (Wildman–Crippen MR) is 75.7 cm³/mol.